The third-order valence-electron chi connectivity index (χ3n) is 1.64. The number of benzene rings is 1. The van der Waals surface area contributed by atoms with Crippen LogP contribution in [0.2, 0.25) is 0 Å². The van der Waals surface area contributed by atoms with Crippen molar-refractivity contribution in [3.63, 3.8) is 0 Å². The fraction of sp³-hybridized carbons (Fsp3) is 0.300. The van der Waals surface area contributed by atoms with Gasteiger partial charge in [0.05, 0.1) is 11.6 Å². The van der Waals surface area contributed by atoms with Crippen LogP contribution in [0.15, 0.2) is 22.7 Å². The highest BCUT2D eigenvalue weighted by atomic mass is 79.9. The molecule has 0 aliphatic carbocycles. The van der Waals surface area contributed by atoms with Gasteiger partial charge in [-0.3, -0.25) is 0 Å². The largest absolute Gasteiger partial charge is 0.192 e. The number of hydrogen-bond donors (Lipinski definition) is 0. The second kappa shape index (κ2) is 5.31. The molecule has 1 aromatic carbocycles. The van der Waals surface area contributed by atoms with Crippen molar-refractivity contribution < 1.29 is 0 Å². The Morgan fingerprint density at radius 2 is 2.31 bits per heavy atom. The maximum absolute atomic E-state index is 8.65. The molecule has 0 aliphatic heterocycles. The zero-order chi connectivity index (χ0) is 9.68. The van der Waals surface area contributed by atoms with Gasteiger partial charge in [0.1, 0.15) is 0 Å². The summed E-state index contributed by atoms with van der Waals surface area (Å²) in [5.41, 5.74) is 1.96. The van der Waals surface area contributed by atoms with Crippen molar-refractivity contribution >= 4 is 27.7 Å². The van der Waals surface area contributed by atoms with E-state index in [0.29, 0.717) is 5.56 Å². The van der Waals surface area contributed by atoms with Crippen LogP contribution in [0, 0.1) is 11.3 Å². The molecule has 0 fully saturated rings. The van der Waals surface area contributed by atoms with E-state index in [2.05, 4.69) is 28.9 Å². The van der Waals surface area contributed by atoms with E-state index in [0.717, 1.165) is 16.0 Å². The highest BCUT2D eigenvalue weighted by molar-refractivity contribution is 9.10. The van der Waals surface area contributed by atoms with Gasteiger partial charge in [-0.1, -0.05) is 28.9 Å². The number of rotatable bonds is 3. The molecule has 0 unspecified atom stereocenters. The Kier molecular flexibility index (Phi) is 4.34. The van der Waals surface area contributed by atoms with E-state index in [1.54, 1.807) is 0 Å². The molecule has 0 aliphatic rings. The van der Waals surface area contributed by atoms with E-state index in [1.807, 2.05) is 30.0 Å². The van der Waals surface area contributed by atoms with Crippen LogP contribution in [0.3, 0.4) is 0 Å². The van der Waals surface area contributed by atoms with E-state index in [9.17, 15) is 0 Å². The zero-order valence-electron chi connectivity index (χ0n) is 7.38. The van der Waals surface area contributed by atoms with Crippen LogP contribution in [0.4, 0.5) is 0 Å². The smallest absolute Gasteiger partial charge is 0.0992 e. The Labute approximate surface area is 91.3 Å². The normalized spacial score (nSPS) is 9.62. The standard InChI is InChI=1S/C10H10BrNS/c1-2-13-7-9-4-3-8(6-12)5-10(9)11/h3-5H,2,7H2,1H3. The molecule has 13 heavy (non-hydrogen) atoms. The van der Waals surface area contributed by atoms with Crippen LogP contribution < -0.4 is 0 Å². The first kappa shape index (κ1) is 10.6. The highest BCUT2D eigenvalue weighted by Crippen LogP contribution is 2.22. The number of nitriles is 1. The van der Waals surface area contributed by atoms with Crippen molar-refractivity contribution in [3.05, 3.63) is 33.8 Å². The van der Waals surface area contributed by atoms with E-state index in [1.165, 1.54) is 5.56 Å². The number of halogens is 1. The van der Waals surface area contributed by atoms with Gasteiger partial charge >= 0.3 is 0 Å². The third-order valence-corrected chi connectivity index (χ3v) is 3.31. The molecule has 0 atom stereocenters. The lowest BCUT2D eigenvalue weighted by atomic mass is 10.2. The van der Waals surface area contributed by atoms with Gasteiger partial charge in [-0.2, -0.15) is 17.0 Å². The first-order valence-corrected chi connectivity index (χ1v) is 5.99. The van der Waals surface area contributed by atoms with Gasteiger partial charge < -0.3 is 0 Å². The van der Waals surface area contributed by atoms with Crippen LogP contribution in [0.25, 0.3) is 0 Å². The summed E-state index contributed by atoms with van der Waals surface area (Å²) in [5.74, 6) is 2.12. The quantitative estimate of drug-likeness (QED) is 0.825. The van der Waals surface area contributed by atoms with Crippen molar-refractivity contribution in [2.75, 3.05) is 5.75 Å². The average molecular weight is 256 g/mol. The zero-order valence-corrected chi connectivity index (χ0v) is 9.78. The second-order valence-electron chi connectivity index (χ2n) is 2.56. The molecule has 0 spiro atoms. The molecule has 68 valence electrons. The fourth-order valence-corrected chi connectivity index (χ4v) is 2.33. The minimum absolute atomic E-state index is 0.706. The molecule has 1 nitrogen and oxygen atoms in total. The Morgan fingerprint density at radius 1 is 1.54 bits per heavy atom. The van der Waals surface area contributed by atoms with Gasteiger partial charge in [-0.25, -0.2) is 0 Å². The lowest BCUT2D eigenvalue weighted by Gasteiger charge is -2.02. The van der Waals surface area contributed by atoms with E-state index >= 15 is 0 Å². The molecule has 1 aromatic rings. The molecule has 0 amide bonds. The first-order valence-electron chi connectivity index (χ1n) is 4.04. The summed E-state index contributed by atoms with van der Waals surface area (Å²) in [5, 5.41) is 8.65. The molecule has 0 heterocycles. The highest BCUT2D eigenvalue weighted by Gasteiger charge is 2.00. The van der Waals surface area contributed by atoms with Crippen molar-refractivity contribution in [1.29, 1.82) is 5.26 Å². The topological polar surface area (TPSA) is 23.8 Å². The predicted molar refractivity (Wildman–Crippen MR) is 60.7 cm³/mol. The SMILES string of the molecule is CCSCc1ccc(C#N)cc1Br. The van der Waals surface area contributed by atoms with E-state index in [-0.39, 0.29) is 0 Å². The molecule has 0 saturated heterocycles. The van der Waals surface area contributed by atoms with Crippen molar-refractivity contribution in [1.82, 2.24) is 0 Å². The van der Waals surface area contributed by atoms with Gasteiger partial charge in [0.15, 0.2) is 0 Å². The summed E-state index contributed by atoms with van der Waals surface area (Å²) in [6.45, 7) is 2.14. The molecule has 3 heteroatoms. The van der Waals surface area contributed by atoms with Crippen LogP contribution >= 0.6 is 27.7 Å². The first-order chi connectivity index (χ1) is 6.27. The minimum Gasteiger partial charge on any atom is -0.192 e. The molecule has 0 aromatic heterocycles. The van der Waals surface area contributed by atoms with Gasteiger partial charge in [-0.05, 0) is 23.4 Å². The summed E-state index contributed by atoms with van der Waals surface area (Å²) in [4.78, 5) is 0. The predicted octanol–water partition coefficient (Wildman–Crippen LogP) is 3.57. The molecule has 1 rings (SSSR count). The number of hydrogen-bond acceptors (Lipinski definition) is 2. The monoisotopic (exact) mass is 255 g/mol. The fourth-order valence-electron chi connectivity index (χ4n) is 0.946. The summed E-state index contributed by atoms with van der Waals surface area (Å²) >= 11 is 5.33. The van der Waals surface area contributed by atoms with Gasteiger partial charge in [0, 0.05) is 10.2 Å². The maximum Gasteiger partial charge on any atom is 0.0992 e. The Balaban J connectivity index is 2.81. The summed E-state index contributed by atoms with van der Waals surface area (Å²) in [7, 11) is 0. The number of thioether (sulfide) groups is 1. The van der Waals surface area contributed by atoms with Crippen molar-refractivity contribution in [2.45, 2.75) is 12.7 Å². The lowest BCUT2D eigenvalue weighted by Crippen LogP contribution is -1.84. The van der Waals surface area contributed by atoms with Gasteiger partial charge in [0.2, 0.25) is 0 Å². The van der Waals surface area contributed by atoms with Crippen LogP contribution in [0.5, 0.6) is 0 Å². The van der Waals surface area contributed by atoms with E-state index in [4.69, 9.17) is 5.26 Å². The molecule has 0 radical (unpaired) electrons. The number of nitrogens with zero attached hydrogens (tertiary/aromatic N) is 1. The maximum atomic E-state index is 8.65. The second-order valence-corrected chi connectivity index (χ2v) is 4.68. The summed E-state index contributed by atoms with van der Waals surface area (Å²) in [6.07, 6.45) is 0. The Morgan fingerprint density at radius 3 is 2.85 bits per heavy atom. The summed E-state index contributed by atoms with van der Waals surface area (Å²) in [6, 6.07) is 7.84. The van der Waals surface area contributed by atoms with E-state index < -0.39 is 0 Å². The molecular weight excluding hydrogens is 246 g/mol. The van der Waals surface area contributed by atoms with Gasteiger partial charge in [0.25, 0.3) is 0 Å². The molecular formula is C10H10BrNS. The Bertz CT molecular complexity index is 330. The van der Waals surface area contributed by atoms with Crippen LogP contribution in [0.1, 0.15) is 18.1 Å². The molecule has 0 N–H and O–H groups in total. The molecule has 0 bridgehead atoms. The minimum atomic E-state index is 0.706. The van der Waals surface area contributed by atoms with Gasteiger partial charge in [-0.15, -0.1) is 0 Å². The van der Waals surface area contributed by atoms with Crippen molar-refractivity contribution in [3.8, 4) is 6.07 Å². The lowest BCUT2D eigenvalue weighted by molar-refractivity contribution is 1.35. The summed E-state index contributed by atoms with van der Waals surface area (Å²) < 4.78 is 1.03. The van der Waals surface area contributed by atoms with Crippen LogP contribution in [-0.2, 0) is 5.75 Å². The molecule has 0 saturated carbocycles. The third kappa shape index (κ3) is 3.06. The van der Waals surface area contributed by atoms with Crippen molar-refractivity contribution in [2.24, 2.45) is 0 Å². The average Bonchev–Trinajstić information content (AvgIpc) is 2.16. The Hall–Kier alpha value is -0.460. The van der Waals surface area contributed by atoms with Crippen LogP contribution in [-0.4, -0.2) is 5.75 Å².